The van der Waals surface area contributed by atoms with Crippen molar-refractivity contribution in [3.63, 3.8) is 0 Å². The number of carbonyl (C=O) groups excluding carboxylic acids is 5. The van der Waals surface area contributed by atoms with Crippen molar-refractivity contribution in [3.05, 3.63) is 12.2 Å². The Kier molecular flexibility index (Phi) is 13.2. The van der Waals surface area contributed by atoms with Crippen LogP contribution in [0.1, 0.15) is 40.5 Å². The zero-order valence-electron chi connectivity index (χ0n) is 21.2. The second kappa shape index (κ2) is 15.6. The van der Waals surface area contributed by atoms with Gasteiger partial charge in [0.15, 0.2) is 5.84 Å². The maximum absolute atomic E-state index is 13.2. The fourth-order valence-electron chi connectivity index (χ4n) is 3.44. The lowest BCUT2D eigenvalue weighted by molar-refractivity contribution is -0.153. The van der Waals surface area contributed by atoms with E-state index >= 15 is 0 Å². The van der Waals surface area contributed by atoms with Gasteiger partial charge in [-0.05, 0) is 24.3 Å². The van der Waals surface area contributed by atoms with Gasteiger partial charge in [-0.2, -0.15) is 0 Å². The lowest BCUT2D eigenvalue weighted by Crippen LogP contribution is -2.59. The zero-order chi connectivity index (χ0) is 27.5. The number of rotatable bonds is 3. The topological polar surface area (TPSA) is 155 Å². The third kappa shape index (κ3) is 10.1. The van der Waals surface area contributed by atoms with E-state index < -0.39 is 53.8 Å². The van der Waals surface area contributed by atoms with Gasteiger partial charge in [-0.1, -0.05) is 77.9 Å². The van der Waals surface area contributed by atoms with Crippen LogP contribution in [0.3, 0.4) is 0 Å². The third-order valence-electron chi connectivity index (χ3n) is 5.47. The molecule has 0 aliphatic carbocycles. The van der Waals surface area contributed by atoms with E-state index in [1.807, 2.05) is 28.7 Å². The molecule has 14 heteroatoms. The van der Waals surface area contributed by atoms with Crippen LogP contribution in [0.15, 0.2) is 17.1 Å². The summed E-state index contributed by atoms with van der Waals surface area (Å²) in [7, 11) is 2.92. The Morgan fingerprint density at radius 3 is 2.35 bits per heavy atom. The van der Waals surface area contributed by atoms with Crippen molar-refractivity contribution in [2.24, 2.45) is 16.8 Å². The molecule has 37 heavy (non-hydrogen) atoms. The number of ether oxygens (including phenoxy) is 1. The molecule has 0 aromatic carbocycles. The molecule has 11 nitrogen and oxygen atoms in total. The highest BCUT2D eigenvalue weighted by Gasteiger charge is 2.34. The van der Waals surface area contributed by atoms with Gasteiger partial charge in [0.2, 0.25) is 17.7 Å². The number of fused-ring (bicyclic) bond motifs is 7. The molecule has 0 radical (unpaired) electrons. The minimum atomic E-state index is -1.05. The van der Waals surface area contributed by atoms with Crippen molar-refractivity contribution in [2.45, 2.75) is 64.8 Å². The van der Waals surface area contributed by atoms with Gasteiger partial charge in [-0.3, -0.25) is 24.2 Å². The summed E-state index contributed by atoms with van der Waals surface area (Å²) < 4.78 is 5.83. The first kappa shape index (κ1) is 31.4. The molecular weight excluding hydrogens is 633 g/mol. The molecule has 0 aromatic heterocycles. The molecule has 206 valence electrons. The molecular formula is C23H34IN5O6S2. The summed E-state index contributed by atoms with van der Waals surface area (Å²) in [6.07, 6.45) is 3.03. The molecule has 0 spiro atoms. The highest BCUT2D eigenvalue weighted by molar-refractivity contribution is 14.1. The van der Waals surface area contributed by atoms with Crippen LogP contribution in [0.4, 0.5) is 0 Å². The Morgan fingerprint density at radius 1 is 1.00 bits per heavy atom. The van der Waals surface area contributed by atoms with Gasteiger partial charge in [0.1, 0.15) is 24.2 Å². The number of halogens is 1. The Morgan fingerprint density at radius 2 is 1.70 bits per heavy atom. The molecule has 2 aliphatic heterocycles. The Bertz CT molecular complexity index is 929. The van der Waals surface area contributed by atoms with E-state index in [-0.39, 0.29) is 34.4 Å². The summed E-state index contributed by atoms with van der Waals surface area (Å²) in [6, 6.07) is -2.97. The SMILES string of the molecule is CC(C)C1NC(=O)CC2/C=C/CCSSCC(NC1=O)C(=O)NC(=NCI)C(=O)NC(C(C)C)C(=O)O2. The molecule has 4 N–H and O–H groups in total. The number of allylic oxidation sites excluding steroid dienone is 1. The van der Waals surface area contributed by atoms with Gasteiger partial charge < -0.3 is 26.0 Å². The summed E-state index contributed by atoms with van der Waals surface area (Å²) in [5.41, 5.74) is 0. The smallest absolute Gasteiger partial charge is 0.329 e. The summed E-state index contributed by atoms with van der Waals surface area (Å²) in [4.78, 5) is 69.6. The van der Waals surface area contributed by atoms with Crippen LogP contribution in [0.2, 0.25) is 0 Å². The van der Waals surface area contributed by atoms with Gasteiger partial charge >= 0.3 is 5.97 Å². The van der Waals surface area contributed by atoms with Gasteiger partial charge in [0, 0.05) is 11.5 Å². The first-order chi connectivity index (χ1) is 17.5. The van der Waals surface area contributed by atoms with Gasteiger partial charge in [0.25, 0.3) is 5.91 Å². The number of esters is 1. The number of amides is 4. The largest absolute Gasteiger partial charge is 0.456 e. The predicted molar refractivity (Wildman–Crippen MR) is 153 cm³/mol. The van der Waals surface area contributed by atoms with E-state index in [2.05, 4.69) is 26.3 Å². The second-order valence-corrected chi connectivity index (χ2v) is 12.5. The fraction of sp³-hybridized carbons (Fsp3) is 0.652. The van der Waals surface area contributed by atoms with Crippen molar-refractivity contribution in [1.82, 2.24) is 21.3 Å². The van der Waals surface area contributed by atoms with E-state index in [0.717, 1.165) is 0 Å². The summed E-state index contributed by atoms with van der Waals surface area (Å²) in [6.45, 7) is 7.03. The molecule has 4 atom stereocenters. The monoisotopic (exact) mass is 667 g/mol. The van der Waals surface area contributed by atoms with Crippen LogP contribution >= 0.6 is 44.2 Å². The van der Waals surface area contributed by atoms with Gasteiger partial charge in [-0.15, -0.1) is 0 Å². The standard InChI is InChI=1S/C23H34IN5O6S2/c1-12(2)17-21(32)26-15-10-37-36-8-6-5-7-14(9-16(30)27-17)35-23(34)18(13(3)4)28-22(33)19(25-11-24)29-20(15)31/h5,7,12-15,17-18H,6,8-11H2,1-4H3,(H,26,32)(H,27,30)(H,28,33)(H,25,29,31)/b7-5+. The normalized spacial score (nSPS) is 29.2. The van der Waals surface area contributed by atoms with Gasteiger partial charge in [-0.25, -0.2) is 4.79 Å². The molecule has 2 heterocycles. The molecule has 1 saturated heterocycles. The Labute approximate surface area is 238 Å². The predicted octanol–water partition coefficient (Wildman–Crippen LogP) is 1.32. The Balaban J connectivity index is 2.58. The van der Waals surface area contributed by atoms with Crippen LogP contribution < -0.4 is 21.3 Å². The molecule has 4 unspecified atom stereocenters. The summed E-state index contributed by atoms with van der Waals surface area (Å²) in [5, 5.41) is 10.6. The first-order valence-corrected chi connectivity index (χ1v) is 16.0. The molecule has 0 saturated carbocycles. The van der Waals surface area contributed by atoms with Crippen molar-refractivity contribution >= 4 is 79.6 Å². The number of aliphatic imine (C=N–C) groups is 1. The number of hydrogen-bond acceptors (Lipinski definition) is 9. The number of hydrogen-bond donors (Lipinski definition) is 4. The zero-order valence-corrected chi connectivity index (χ0v) is 25.0. The minimum absolute atomic E-state index is 0.174. The van der Waals surface area contributed by atoms with Crippen LogP contribution in [0.25, 0.3) is 0 Å². The van der Waals surface area contributed by atoms with Crippen LogP contribution in [-0.4, -0.2) is 75.7 Å². The maximum Gasteiger partial charge on any atom is 0.329 e. The Hall–Kier alpha value is -1.81. The lowest BCUT2D eigenvalue weighted by atomic mass is 10.0. The van der Waals surface area contributed by atoms with Crippen molar-refractivity contribution in [2.75, 3.05) is 16.1 Å². The van der Waals surface area contributed by atoms with Crippen molar-refractivity contribution in [3.8, 4) is 0 Å². The molecule has 2 bridgehead atoms. The maximum atomic E-state index is 13.2. The number of alkyl halides is 1. The summed E-state index contributed by atoms with van der Waals surface area (Å²) >= 11 is 1.93. The molecule has 2 aliphatic rings. The summed E-state index contributed by atoms with van der Waals surface area (Å²) in [5.74, 6) is -3.10. The fourth-order valence-corrected chi connectivity index (χ4v) is 5.94. The second-order valence-electron chi connectivity index (χ2n) is 9.16. The highest BCUT2D eigenvalue weighted by atomic mass is 127. The van der Waals surface area contributed by atoms with Crippen LogP contribution in [0, 0.1) is 11.8 Å². The third-order valence-corrected chi connectivity index (χ3v) is 8.26. The van der Waals surface area contributed by atoms with Crippen LogP contribution in [-0.2, 0) is 28.7 Å². The average molecular weight is 668 g/mol. The quantitative estimate of drug-likeness (QED) is 0.0878. The molecule has 4 amide bonds. The highest BCUT2D eigenvalue weighted by Crippen LogP contribution is 2.24. The number of nitrogens with one attached hydrogen (secondary N) is 4. The minimum Gasteiger partial charge on any atom is -0.456 e. The van der Waals surface area contributed by atoms with Gasteiger partial charge in [0.05, 0.1) is 11.0 Å². The van der Waals surface area contributed by atoms with E-state index in [9.17, 15) is 24.0 Å². The number of nitrogens with zero attached hydrogens (tertiary/aromatic N) is 1. The van der Waals surface area contributed by atoms with Crippen molar-refractivity contribution in [1.29, 1.82) is 0 Å². The van der Waals surface area contributed by atoms with Crippen LogP contribution in [0.5, 0.6) is 0 Å². The van der Waals surface area contributed by atoms with E-state index in [4.69, 9.17) is 4.74 Å². The van der Waals surface area contributed by atoms with E-state index in [0.29, 0.717) is 12.2 Å². The molecule has 0 aromatic rings. The lowest BCUT2D eigenvalue weighted by Gasteiger charge is -2.27. The molecule has 2 rings (SSSR count). The first-order valence-electron chi connectivity index (χ1n) is 12.0. The van der Waals surface area contributed by atoms with Crippen molar-refractivity contribution < 1.29 is 28.7 Å². The molecule has 1 fully saturated rings. The average Bonchev–Trinajstić information content (AvgIpc) is 2.82. The van der Waals surface area contributed by atoms with E-state index in [1.165, 1.54) is 21.6 Å². The van der Waals surface area contributed by atoms with E-state index in [1.54, 1.807) is 33.8 Å². The number of carbonyl (C=O) groups is 5. The number of amidine groups is 1.